The fourth-order valence-corrected chi connectivity index (χ4v) is 1.57. The van der Waals surface area contributed by atoms with Crippen molar-refractivity contribution in [2.24, 2.45) is 0 Å². The summed E-state index contributed by atoms with van der Waals surface area (Å²) in [6.45, 7) is -0.618. The Kier molecular flexibility index (Phi) is 4.08. The van der Waals surface area contributed by atoms with Crippen LogP contribution in [0.4, 0.5) is 22.0 Å². The van der Waals surface area contributed by atoms with Crippen LogP contribution in [-0.2, 0) is 12.8 Å². The van der Waals surface area contributed by atoms with Crippen molar-refractivity contribution in [2.45, 2.75) is 12.8 Å². The first kappa shape index (κ1) is 15.2. The summed E-state index contributed by atoms with van der Waals surface area (Å²) in [5, 5.41) is 9.02. The number of aliphatic hydroxyl groups is 1. The Hall–Kier alpha value is -2.22. The molecule has 2 rings (SSSR count). The summed E-state index contributed by atoms with van der Waals surface area (Å²) in [5.41, 5.74) is -1.54. The molecule has 0 bridgehead atoms. The van der Waals surface area contributed by atoms with Gasteiger partial charge in [-0.3, -0.25) is 0 Å². The first-order valence-electron chi connectivity index (χ1n) is 5.61. The van der Waals surface area contributed by atoms with Gasteiger partial charge in [0.1, 0.15) is 17.4 Å². The highest BCUT2D eigenvalue weighted by Crippen LogP contribution is 2.35. The van der Waals surface area contributed by atoms with Gasteiger partial charge in [0.15, 0.2) is 0 Å². The molecule has 0 spiro atoms. The molecular weight excluding hydrogens is 297 g/mol. The van der Waals surface area contributed by atoms with Crippen LogP contribution in [0.1, 0.15) is 11.1 Å². The Morgan fingerprint density at radius 3 is 2.48 bits per heavy atom. The third-order valence-electron chi connectivity index (χ3n) is 2.52. The standard InChI is InChI=1S/C13H8F5NO2/c14-8-3-7(6-20)12(19-5-8)21-9-1-2-11(15)10(4-9)13(16,17)18/h1-5,20H,6H2. The molecule has 0 amide bonds. The zero-order valence-electron chi connectivity index (χ0n) is 10.3. The first-order chi connectivity index (χ1) is 9.81. The van der Waals surface area contributed by atoms with Crippen molar-refractivity contribution in [3.8, 4) is 11.6 Å². The van der Waals surface area contributed by atoms with Gasteiger partial charge in [-0.25, -0.2) is 13.8 Å². The summed E-state index contributed by atoms with van der Waals surface area (Å²) in [5.74, 6) is -2.78. The van der Waals surface area contributed by atoms with Crippen molar-refractivity contribution in [1.29, 1.82) is 0 Å². The Balaban J connectivity index is 2.37. The molecule has 0 aliphatic rings. The number of benzene rings is 1. The summed E-state index contributed by atoms with van der Waals surface area (Å²) in [6.07, 6.45) is -4.10. The lowest BCUT2D eigenvalue weighted by atomic mass is 10.2. The van der Waals surface area contributed by atoms with E-state index in [1.165, 1.54) is 0 Å². The number of ether oxygens (including phenoxy) is 1. The van der Waals surface area contributed by atoms with Gasteiger partial charge in [0.25, 0.3) is 0 Å². The van der Waals surface area contributed by atoms with Gasteiger partial charge in [0, 0.05) is 5.56 Å². The number of hydrogen-bond donors (Lipinski definition) is 1. The minimum absolute atomic E-state index is 0.0483. The van der Waals surface area contributed by atoms with E-state index < -0.39 is 30.0 Å². The van der Waals surface area contributed by atoms with Crippen LogP contribution < -0.4 is 4.74 Å². The molecule has 0 aliphatic carbocycles. The highest BCUT2D eigenvalue weighted by molar-refractivity contribution is 5.36. The number of rotatable bonds is 3. The fourth-order valence-electron chi connectivity index (χ4n) is 1.57. The van der Waals surface area contributed by atoms with Crippen LogP contribution in [0.5, 0.6) is 11.6 Å². The fraction of sp³-hybridized carbons (Fsp3) is 0.154. The topological polar surface area (TPSA) is 42.4 Å². The molecule has 0 unspecified atom stereocenters. The molecule has 8 heteroatoms. The van der Waals surface area contributed by atoms with Crippen molar-refractivity contribution in [2.75, 3.05) is 0 Å². The second-order valence-corrected chi connectivity index (χ2v) is 4.02. The van der Waals surface area contributed by atoms with E-state index in [0.717, 1.165) is 18.3 Å². The third kappa shape index (κ3) is 3.46. The summed E-state index contributed by atoms with van der Waals surface area (Å²) >= 11 is 0. The molecule has 0 radical (unpaired) electrons. The van der Waals surface area contributed by atoms with Gasteiger partial charge < -0.3 is 9.84 Å². The lowest BCUT2D eigenvalue weighted by Crippen LogP contribution is -2.08. The summed E-state index contributed by atoms with van der Waals surface area (Å²) in [7, 11) is 0. The maximum Gasteiger partial charge on any atom is 0.419 e. The molecule has 2 aromatic rings. The lowest BCUT2D eigenvalue weighted by Gasteiger charge is -2.12. The Morgan fingerprint density at radius 2 is 1.86 bits per heavy atom. The Labute approximate surface area is 115 Å². The summed E-state index contributed by atoms with van der Waals surface area (Å²) < 4.78 is 68.8. The van der Waals surface area contributed by atoms with Crippen LogP contribution >= 0.6 is 0 Å². The SMILES string of the molecule is OCc1cc(F)cnc1Oc1ccc(F)c(C(F)(F)F)c1. The number of alkyl halides is 3. The molecule has 112 valence electrons. The Bertz CT molecular complexity index is 657. The molecule has 0 saturated heterocycles. The largest absolute Gasteiger partial charge is 0.439 e. The van der Waals surface area contributed by atoms with E-state index in [2.05, 4.69) is 4.98 Å². The van der Waals surface area contributed by atoms with E-state index in [0.29, 0.717) is 12.1 Å². The molecule has 3 nitrogen and oxygen atoms in total. The molecule has 0 fully saturated rings. The predicted octanol–water partition coefficient (Wildman–Crippen LogP) is 3.66. The van der Waals surface area contributed by atoms with Crippen molar-refractivity contribution in [3.63, 3.8) is 0 Å². The van der Waals surface area contributed by atoms with Gasteiger partial charge in [-0.2, -0.15) is 13.2 Å². The van der Waals surface area contributed by atoms with Gasteiger partial charge in [-0.15, -0.1) is 0 Å². The maximum absolute atomic E-state index is 13.1. The summed E-state index contributed by atoms with van der Waals surface area (Å²) in [6, 6.07) is 2.95. The molecule has 0 aliphatic heterocycles. The van der Waals surface area contributed by atoms with Crippen molar-refractivity contribution in [3.05, 3.63) is 53.2 Å². The minimum atomic E-state index is -4.88. The van der Waals surface area contributed by atoms with E-state index in [1.807, 2.05) is 0 Å². The van der Waals surface area contributed by atoms with Crippen LogP contribution in [0.2, 0.25) is 0 Å². The first-order valence-corrected chi connectivity index (χ1v) is 5.61. The number of nitrogens with zero attached hydrogens (tertiary/aromatic N) is 1. The van der Waals surface area contributed by atoms with Crippen LogP contribution in [0.3, 0.4) is 0 Å². The maximum atomic E-state index is 13.1. The number of pyridine rings is 1. The van der Waals surface area contributed by atoms with E-state index in [1.54, 1.807) is 0 Å². The molecule has 0 saturated carbocycles. The monoisotopic (exact) mass is 305 g/mol. The van der Waals surface area contributed by atoms with Crippen LogP contribution in [-0.4, -0.2) is 10.1 Å². The average molecular weight is 305 g/mol. The van der Waals surface area contributed by atoms with Gasteiger partial charge in [-0.05, 0) is 24.3 Å². The van der Waals surface area contributed by atoms with Crippen LogP contribution in [0.25, 0.3) is 0 Å². The van der Waals surface area contributed by atoms with Gasteiger partial charge in [0.05, 0.1) is 18.4 Å². The normalized spacial score (nSPS) is 11.5. The molecule has 0 atom stereocenters. The van der Waals surface area contributed by atoms with Crippen molar-refractivity contribution >= 4 is 0 Å². The zero-order chi connectivity index (χ0) is 15.6. The average Bonchev–Trinajstić information content (AvgIpc) is 2.41. The molecule has 1 heterocycles. The minimum Gasteiger partial charge on any atom is -0.439 e. The zero-order valence-corrected chi connectivity index (χ0v) is 10.3. The predicted molar refractivity (Wildman–Crippen MR) is 61.6 cm³/mol. The van der Waals surface area contributed by atoms with E-state index in [4.69, 9.17) is 9.84 Å². The Morgan fingerprint density at radius 1 is 1.14 bits per heavy atom. The third-order valence-corrected chi connectivity index (χ3v) is 2.52. The second-order valence-electron chi connectivity index (χ2n) is 4.02. The molecular formula is C13H8F5NO2. The molecule has 1 aromatic heterocycles. The van der Waals surface area contributed by atoms with Crippen LogP contribution in [0.15, 0.2) is 30.5 Å². The molecule has 21 heavy (non-hydrogen) atoms. The number of halogens is 5. The quantitative estimate of drug-likeness (QED) is 0.880. The van der Waals surface area contributed by atoms with Crippen molar-refractivity contribution < 1.29 is 31.8 Å². The highest BCUT2D eigenvalue weighted by atomic mass is 19.4. The molecule has 1 aromatic carbocycles. The molecule has 1 N–H and O–H groups in total. The van der Waals surface area contributed by atoms with Gasteiger partial charge >= 0.3 is 6.18 Å². The van der Waals surface area contributed by atoms with Gasteiger partial charge in [-0.1, -0.05) is 0 Å². The van der Waals surface area contributed by atoms with E-state index in [9.17, 15) is 22.0 Å². The number of hydrogen-bond acceptors (Lipinski definition) is 3. The van der Waals surface area contributed by atoms with E-state index in [-0.39, 0.29) is 17.2 Å². The number of aliphatic hydroxyl groups excluding tert-OH is 1. The smallest absolute Gasteiger partial charge is 0.419 e. The second kappa shape index (κ2) is 5.65. The van der Waals surface area contributed by atoms with Crippen molar-refractivity contribution in [1.82, 2.24) is 4.98 Å². The van der Waals surface area contributed by atoms with Gasteiger partial charge in [0.2, 0.25) is 5.88 Å². The lowest BCUT2D eigenvalue weighted by molar-refractivity contribution is -0.140. The van der Waals surface area contributed by atoms with Crippen LogP contribution in [0, 0.1) is 11.6 Å². The highest BCUT2D eigenvalue weighted by Gasteiger charge is 2.34. The van der Waals surface area contributed by atoms with E-state index >= 15 is 0 Å². The number of aromatic nitrogens is 1. The summed E-state index contributed by atoms with van der Waals surface area (Å²) in [4.78, 5) is 3.53.